The maximum atomic E-state index is 11.2. The smallest absolute Gasteiger partial charge is 0.227 e. The van der Waals surface area contributed by atoms with Crippen LogP contribution in [0.3, 0.4) is 0 Å². The molecule has 0 bridgehead atoms. The Balaban J connectivity index is 2.23. The van der Waals surface area contributed by atoms with Crippen molar-refractivity contribution in [2.75, 3.05) is 11.4 Å². The molecule has 1 saturated heterocycles. The molecule has 2 heterocycles. The molecule has 1 aliphatic heterocycles. The van der Waals surface area contributed by atoms with Crippen molar-refractivity contribution in [1.82, 2.24) is 4.98 Å². The second kappa shape index (κ2) is 2.62. The lowest BCUT2D eigenvalue weighted by Gasteiger charge is -2.10. The molecule has 0 N–H and O–H groups in total. The van der Waals surface area contributed by atoms with Crippen LogP contribution in [0.4, 0.5) is 5.00 Å². The summed E-state index contributed by atoms with van der Waals surface area (Å²) in [4.78, 5) is 16.9. The lowest BCUT2D eigenvalue weighted by atomic mass is 10.4. The number of carbonyl (C=O) groups excluding carboxylic acids is 1. The molecule has 0 radical (unpaired) electrons. The number of amides is 1. The van der Waals surface area contributed by atoms with Crippen LogP contribution in [-0.4, -0.2) is 17.4 Å². The molecule has 0 aromatic carbocycles. The van der Waals surface area contributed by atoms with Gasteiger partial charge in [-0.3, -0.25) is 9.78 Å². The fourth-order valence-electron chi connectivity index (χ4n) is 1.22. The van der Waals surface area contributed by atoms with Crippen LogP contribution in [0.2, 0.25) is 0 Å². The third-order valence-electron chi connectivity index (χ3n) is 1.76. The van der Waals surface area contributed by atoms with Gasteiger partial charge in [0, 0.05) is 13.0 Å². The van der Waals surface area contributed by atoms with Crippen molar-refractivity contribution in [3.63, 3.8) is 0 Å². The highest BCUT2D eigenvalue weighted by Crippen LogP contribution is 2.24. The van der Waals surface area contributed by atoms with Crippen LogP contribution < -0.4 is 4.90 Å². The normalized spacial score (nSPS) is 17.8. The first-order valence-corrected chi connectivity index (χ1v) is 4.45. The van der Waals surface area contributed by atoms with Gasteiger partial charge in [0.25, 0.3) is 0 Å². The summed E-state index contributed by atoms with van der Waals surface area (Å²) >= 11 is 1.52. The second-order valence-corrected chi connectivity index (χ2v) is 3.35. The molecule has 4 heteroatoms. The lowest BCUT2D eigenvalue weighted by molar-refractivity contribution is -0.117. The van der Waals surface area contributed by atoms with E-state index in [1.54, 1.807) is 16.6 Å². The molecular formula is C7H8N2OS. The fourth-order valence-corrected chi connectivity index (χ4v) is 1.90. The van der Waals surface area contributed by atoms with Gasteiger partial charge in [-0.1, -0.05) is 0 Å². The summed E-state index contributed by atoms with van der Waals surface area (Å²) in [6, 6.07) is 0. The predicted molar refractivity (Wildman–Crippen MR) is 43.7 cm³/mol. The molecule has 1 aromatic rings. The molecule has 0 atom stereocenters. The molecule has 1 aliphatic rings. The van der Waals surface area contributed by atoms with Crippen molar-refractivity contribution >= 4 is 22.2 Å². The molecule has 58 valence electrons. The van der Waals surface area contributed by atoms with Crippen LogP contribution in [0.5, 0.6) is 0 Å². The summed E-state index contributed by atoms with van der Waals surface area (Å²) in [7, 11) is 0. The summed E-state index contributed by atoms with van der Waals surface area (Å²) in [6.07, 6.45) is 3.42. The third-order valence-corrected chi connectivity index (χ3v) is 2.55. The Morgan fingerprint density at radius 3 is 3.09 bits per heavy atom. The highest BCUT2D eigenvalue weighted by molar-refractivity contribution is 7.14. The topological polar surface area (TPSA) is 33.2 Å². The Hall–Kier alpha value is -0.900. The van der Waals surface area contributed by atoms with Crippen LogP contribution in [0.25, 0.3) is 0 Å². The van der Waals surface area contributed by atoms with Crippen molar-refractivity contribution in [2.24, 2.45) is 0 Å². The highest BCUT2D eigenvalue weighted by atomic mass is 32.1. The first kappa shape index (κ1) is 6.79. The van der Waals surface area contributed by atoms with Crippen LogP contribution in [0, 0.1) is 0 Å². The average Bonchev–Trinajstić information content (AvgIpc) is 2.55. The summed E-state index contributed by atoms with van der Waals surface area (Å²) in [6.45, 7) is 0.862. The minimum absolute atomic E-state index is 0.231. The van der Waals surface area contributed by atoms with Crippen LogP contribution in [0.15, 0.2) is 11.7 Å². The van der Waals surface area contributed by atoms with E-state index in [0.717, 1.165) is 18.0 Å². The number of hydrogen-bond acceptors (Lipinski definition) is 3. The number of rotatable bonds is 1. The molecule has 0 aliphatic carbocycles. The van der Waals surface area contributed by atoms with Crippen LogP contribution in [-0.2, 0) is 4.79 Å². The zero-order chi connectivity index (χ0) is 7.68. The van der Waals surface area contributed by atoms with Crippen molar-refractivity contribution in [2.45, 2.75) is 12.8 Å². The van der Waals surface area contributed by atoms with E-state index in [1.807, 2.05) is 0 Å². The van der Waals surface area contributed by atoms with E-state index in [0.29, 0.717) is 6.42 Å². The molecule has 11 heavy (non-hydrogen) atoms. The molecule has 1 amide bonds. The summed E-state index contributed by atoms with van der Waals surface area (Å²) in [5.41, 5.74) is 1.75. The number of nitrogens with zero attached hydrogens (tertiary/aromatic N) is 2. The van der Waals surface area contributed by atoms with E-state index in [9.17, 15) is 4.79 Å². The van der Waals surface area contributed by atoms with Crippen molar-refractivity contribution in [1.29, 1.82) is 0 Å². The quantitative estimate of drug-likeness (QED) is 0.632. The summed E-state index contributed by atoms with van der Waals surface area (Å²) in [5, 5.41) is 0.979. The summed E-state index contributed by atoms with van der Waals surface area (Å²) < 4.78 is 0. The lowest BCUT2D eigenvalue weighted by Crippen LogP contribution is -2.22. The zero-order valence-electron chi connectivity index (χ0n) is 5.99. The Morgan fingerprint density at radius 1 is 1.64 bits per heavy atom. The van der Waals surface area contributed by atoms with Gasteiger partial charge >= 0.3 is 0 Å². The largest absolute Gasteiger partial charge is 0.302 e. The van der Waals surface area contributed by atoms with E-state index in [-0.39, 0.29) is 5.91 Å². The number of thiazole rings is 1. The molecule has 1 aromatic heterocycles. The first-order valence-electron chi connectivity index (χ1n) is 3.57. The van der Waals surface area contributed by atoms with Gasteiger partial charge in [0.15, 0.2) is 0 Å². The van der Waals surface area contributed by atoms with Crippen molar-refractivity contribution in [3.05, 3.63) is 11.7 Å². The fraction of sp³-hybridized carbons (Fsp3) is 0.429. The second-order valence-electron chi connectivity index (χ2n) is 2.49. The van der Waals surface area contributed by atoms with E-state index in [1.165, 1.54) is 11.3 Å². The molecule has 1 fully saturated rings. The van der Waals surface area contributed by atoms with E-state index >= 15 is 0 Å². The number of hydrogen-bond donors (Lipinski definition) is 0. The van der Waals surface area contributed by atoms with Gasteiger partial charge in [0.05, 0.1) is 11.7 Å². The maximum Gasteiger partial charge on any atom is 0.227 e. The maximum absolute atomic E-state index is 11.2. The number of aromatic nitrogens is 1. The molecule has 0 saturated carbocycles. The summed E-state index contributed by atoms with van der Waals surface area (Å²) in [5.74, 6) is 0.231. The van der Waals surface area contributed by atoms with E-state index in [4.69, 9.17) is 0 Å². The van der Waals surface area contributed by atoms with E-state index < -0.39 is 0 Å². The molecule has 2 rings (SSSR count). The standard InChI is InChI=1S/C7H8N2OS/c10-6-2-1-3-9(6)7-4-8-5-11-7/h4-5H,1-3H2. The average molecular weight is 168 g/mol. The first-order chi connectivity index (χ1) is 5.38. The minimum atomic E-state index is 0.231. The van der Waals surface area contributed by atoms with E-state index in [2.05, 4.69) is 4.98 Å². The highest BCUT2D eigenvalue weighted by Gasteiger charge is 2.22. The van der Waals surface area contributed by atoms with Crippen molar-refractivity contribution < 1.29 is 4.79 Å². The molecular weight excluding hydrogens is 160 g/mol. The number of carbonyl (C=O) groups is 1. The van der Waals surface area contributed by atoms with Gasteiger partial charge in [0.1, 0.15) is 5.00 Å². The van der Waals surface area contributed by atoms with Gasteiger partial charge in [-0.25, -0.2) is 0 Å². The number of anilines is 1. The van der Waals surface area contributed by atoms with Crippen molar-refractivity contribution in [3.8, 4) is 0 Å². The minimum Gasteiger partial charge on any atom is -0.302 e. The van der Waals surface area contributed by atoms with Crippen LogP contribution in [0.1, 0.15) is 12.8 Å². The Labute approximate surface area is 68.7 Å². The third kappa shape index (κ3) is 1.14. The Morgan fingerprint density at radius 2 is 2.55 bits per heavy atom. The monoisotopic (exact) mass is 168 g/mol. The Kier molecular flexibility index (Phi) is 1.62. The SMILES string of the molecule is O=C1CCCN1c1cncs1. The predicted octanol–water partition coefficient (Wildman–Crippen LogP) is 1.27. The van der Waals surface area contributed by atoms with Gasteiger partial charge < -0.3 is 4.90 Å². The Bertz CT molecular complexity index is 257. The van der Waals surface area contributed by atoms with Gasteiger partial charge in [-0.2, -0.15) is 0 Å². The zero-order valence-corrected chi connectivity index (χ0v) is 6.80. The van der Waals surface area contributed by atoms with Gasteiger partial charge in [-0.05, 0) is 6.42 Å². The van der Waals surface area contributed by atoms with Gasteiger partial charge in [-0.15, -0.1) is 11.3 Å². The molecule has 0 spiro atoms. The molecule has 3 nitrogen and oxygen atoms in total. The van der Waals surface area contributed by atoms with Crippen LogP contribution >= 0.6 is 11.3 Å². The molecule has 0 unspecified atom stereocenters. The van der Waals surface area contributed by atoms with Gasteiger partial charge in [0.2, 0.25) is 5.91 Å².